The highest BCUT2D eigenvalue weighted by Gasteiger charge is 2.31. The molecule has 0 radical (unpaired) electrons. The van der Waals surface area contributed by atoms with E-state index in [0.717, 1.165) is 18.3 Å². The van der Waals surface area contributed by atoms with E-state index in [4.69, 9.17) is 4.74 Å². The number of ether oxygens (including phenoxy) is 1. The highest BCUT2D eigenvalue weighted by molar-refractivity contribution is 7.99. The highest BCUT2D eigenvalue weighted by atomic mass is 32.2. The Labute approximate surface area is 160 Å². The van der Waals surface area contributed by atoms with Crippen molar-refractivity contribution in [3.05, 3.63) is 59.2 Å². The van der Waals surface area contributed by atoms with Crippen molar-refractivity contribution in [1.82, 2.24) is 4.90 Å². The minimum absolute atomic E-state index is 0.811. The maximum Gasteiger partial charge on any atom is 0.119 e. The number of methoxy groups -OCH3 is 1. The first-order valence-electron chi connectivity index (χ1n) is 9.75. The molecule has 0 amide bonds. The van der Waals surface area contributed by atoms with Crippen LogP contribution < -0.4 is 4.74 Å². The third-order valence-electron chi connectivity index (χ3n) is 6.11. The monoisotopic (exact) mass is 363 g/mol. The normalized spacial score (nSPS) is 25.2. The second-order valence-electron chi connectivity index (χ2n) is 7.60. The van der Waals surface area contributed by atoms with Gasteiger partial charge in [0, 0.05) is 22.4 Å². The minimum atomic E-state index is 0.811. The molecule has 26 heavy (non-hydrogen) atoms. The molecule has 1 unspecified atom stereocenters. The number of hydrogen-bond acceptors (Lipinski definition) is 3. The lowest BCUT2D eigenvalue weighted by molar-refractivity contribution is 0.133. The van der Waals surface area contributed by atoms with Gasteiger partial charge >= 0.3 is 0 Å². The molecule has 134 valence electrons. The average Bonchev–Trinajstić information content (AvgIpc) is 2.71. The summed E-state index contributed by atoms with van der Waals surface area (Å²) in [4.78, 5) is 5.47. The van der Waals surface area contributed by atoms with E-state index in [0.29, 0.717) is 0 Å². The van der Waals surface area contributed by atoms with Crippen LogP contribution in [0.1, 0.15) is 43.2 Å². The van der Waals surface area contributed by atoms with Crippen molar-refractivity contribution in [1.29, 1.82) is 0 Å². The lowest BCUT2D eigenvalue weighted by Crippen LogP contribution is -2.43. The predicted octanol–water partition coefficient (Wildman–Crippen LogP) is 5.61. The van der Waals surface area contributed by atoms with Crippen LogP contribution >= 0.6 is 11.8 Å². The van der Waals surface area contributed by atoms with Gasteiger partial charge in [0.25, 0.3) is 0 Å². The van der Waals surface area contributed by atoms with Gasteiger partial charge in [0.15, 0.2) is 0 Å². The molecular formula is C23H25NOS. The molecule has 5 rings (SSSR count). The van der Waals surface area contributed by atoms with Crippen molar-refractivity contribution >= 4 is 17.3 Å². The van der Waals surface area contributed by atoms with Crippen LogP contribution in [0.2, 0.25) is 0 Å². The van der Waals surface area contributed by atoms with Crippen molar-refractivity contribution < 1.29 is 4.74 Å². The van der Waals surface area contributed by atoms with Gasteiger partial charge in [-0.3, -0.25) is 4.90 Å². The second kappa shape index (κ2) is 6.79. The molecule has 2 aromatic carbocycles. The number of nitrogens with zero attached hydrogens (tertiary/aromatic N) is 1. The van der Waals surface area contributed by atoms with Gasteiger partial charge in [0.2, 0.25) is 0 Å². The Balaban J connectivity index is 1.65. The van der Waals surface area contributed by atoms with Gasteiger partial charge in [0.1, 0.15) is 5.75 Å². The van der Waals surface area contributed by atoms with Crippen LogP contribution in [-0.2, 0) is 0 Å². The van der Waals surface area contributed by atoms with Crippen molar-refractivity contribution in [2.45, 2.75) is 47.9 Å². The van der Waals surface area contributed by atoms with Gasteiger partial charge in [-0.05, 0) is 78.8 Å². The van der Waals surface area contributed by atoms with Crippen molar-refractivity contribution in [2.75, 3.05) is 20.2 Å². The first-order chi connectivity index (χ1) is 12.8. The number of piperidine rings is 2. The second-order valence-corrected chi connectivity index (χ2v) is 8.68. The fourth-order valence-corrected chi connectivity index (χ4v) is 5.86. The van der Waals surface area contributed by atoms with Crippen molar-refractivity contribution in [3.8, 4) is 5.75 Å². The van der Waals surface area contributed by atoms with Crippen LogP contribution in [0.5, 0.6) is 5.75 Å². The zero-order valence-corrected chi connectivity index (χ0v) is 16.1. The van der Waals surface area contributed by atoms with Crippen LogP contribution in [0, 0.1) is 0 Å². The van der Waals surface area contributed by atoms with Gasteiger partial charge in [-0.15, -0.1) is 0 Å². The molecule has 0 aromatic heterocycles. The summed E-state index contributed by atoms with van der Waals surface area (Å²) in [6.45, 7) is 2.40. The van der Waals surface area contributed by atoms with Crippen LogP contribution in [0.4, 0.5) is 0 Å². The molecule has 3 heterocycles. The third kappa shape index (κ3) is 2.78. The molecular weight excluding hydrogens is 338 g/mol. The molecule has 0 N–H and O–H groups in total. The summed E-state index contributed by atoms with van der Waals surface area (Å²) in [5.74, 6) is 0.952. The van der Waals surface area contributed by atoms with E-state index in [9.17, 15) is 0 Å². The third-order valence-corrected chi connectivity index (χ3v) is 7.26. The SMILES string of the molecule is COc1ccc2c(c1)C(=C1CCC3CCCCN3C1)c1ccccc1S2. The molecule has 1 atom stereocenters. The Morgan fingerprint density at radius 3 is 2.81 bits per heavy atom. The Hall–Kier alpha value is -1.71. The zero-order valence-electron chi connectivity index (χ0n) is 15.3. The maximum absolute atomic E-state index is 5.55. The summed E-state index contributed by atoms with van der Waals surface area (Å²) in [6.07, 6.45) is 6.70. The molecule has 2 saturated heterocycles. The van der Waals surface area contributed by atoms with Crippen molar-refractivity contribution in [3.63, 3.8) is 0 Å². The molecule has 3 aliphatic rings. The van der Waals surface area contributed by atoms with Crippen LogP contribution in [0.15, 0.2) is 57.8 Å². The molecule has 2 nitrogen and oxygen atoms in total. The molecule has 3 heteroatoms. The first kappa shape index (κ1) is 16.5. The van der Waals surface area contributed by atoms with Gasteiger partial charge in [-0.1, -0.05) is 36.4 Å². The highest BCUT2D eigenvalue weighted by Crippen LogP contribution is 2.48. The van der Waals surface area contributed by atoms with Crippen LogP contribution in [0.3, 0.4) is 0 Å². The summed E-state index contributed by atoms with van der Waals surface area (Å²) in [6, 6.07) is 16.3. The molecule has 3 aliphatic heterocycles. The topological polar surface area (TPSA) is 12.5 Å². The smallest absolute Gasteiger partial charge is 0.119 e. The Morgan fingerprint density at radius 1 is 1.00 bits per heavy atom. The standard InChI is InChI=1S/C23H25NOS/c1-25-18-11-12-22-20(14-18)23(19-7-2-3-8-21(19)26-22)16-9-10-17-6-4-5-13-24(17)15-16/h2-3,7-8,11-12,14,17H,4-6,9-10,13,15H2,1H3. The van der Waals surface area contributed by atoms with Gasteiger partial charge < -0.3 is 4.74 Å². The van der Waals surface area contributed by atoms with E-state index in [1.807, 2.05) is 11.8 Å². The summed E-state index contributed by atoms with van der Waals surface area (Å²) in [5, 5.41) is 0. The van der Waals surface area contributed by atoms with E-state index < -0.39 is 0 Å². The quantitative estimate of drug-likeness (QED) is 0.557. The summed E-state index contributed by atoms with van der Waals surface area (Å²) in [5.41, 5.74) is 5.85. The van der Waals surface area contributed by atoms with E-state index in [2.05, 4.69) is 47.4 Å². The zero-order chi connectivity index (χ0) is 17.5. The number of rotatable bonds is 1. The Bertz CT molecular complexity index is 872. The lowest BCUT2D eigenvalue weighted by atomic mass is 9.84. The minimum Gasteiger partial charge on any atom is -0.497 e. The molecule has 0 spiro atoms. The Morgan fingerprint density at radius 2 is 1.88 bits per heavy atom. The summed E-state index contributed by atoms with van der Waals surface area (Å²) in [7, 11) is 1.76. The van der Waals surface area contributed by atoms with Crippen molar-refractivity contribution in [2.24, 2.45) is 0 Å². The van der Waals surface area contributed by atoms with Gasteiger partial charge in [-0.25, -0.2) is 0 Å². The first-order valence-corrected chi connectivity index (χ1v) is 10.6. The fraction of sp³-hybridized carbons (Fsp3) is 0.391. The molecule has 0 aliphatic carbocycles. The van der Waals surface area contributed by atoms with Crippen LogP contribution in [-0.4, -0.2) is 31.1 Å². The number of hydrogen-bond donors (Lipinski definition) is 0. The van der Waals surface area contributed by atoms with E-state index in [1.165, 1.54) is 65.1 Å². The van der Waals surface area contributed by atoms with E-state index in [-0.39, 0.29) is 0 Å². The summed E-state index contributed by atoms with van der Waals surface area (Å²) < 4.78 is 5.55. The van der Waals surface area contributed by atoms with E-state index >= 15 is 0 Å². The van der Waals surface area contributed by atoms with Gasteiger partial charge in [0.05, 0.1) is 7.11 Å². The molecule has 0 saturated carbocycles. The maximum atomic E-state index is 5.55. The lowest BCUT2D eigenvalue weighted by Gasteiger charge is -2.41. The molecule has 2 fully saturated rings. The average molecular weight is 364 g/mol. The number of benzene rings is 2. The number of fused-ring (bicyclic) bond motifs is 3. The van der Waals surface area contributed by atoms with Crippen LogP contribution in [0.25, 0.3) is 5.57 Å². The fourth-order valence-electron chi connectivity index (χ4n) is 4.79. The predicted molar refractivity (Wildman–Crippen MR) is 108 cm³/mol. The molecule has 2 aromatic rings. The molecule has 0 bridgehead atoms. The largest absolute Gasteiger partial charge is 0.497 e. The Kier molecular flexibility index (Phi) is 4.30. The van der Waals surface area contributed by atoms with E-state index in [1.54, 1.807) is 12.7 Å². The summed E-state index contributed by atoms with van der Waals surface area (Å²) >= 11 is 1.89. The van der Waals surface area contributed by atoms with Gasteiger partial charge in [-0.2, -0.15) is 0 Å².